The fourth-order valence-electron chi connectivity index (χ4n) is 7.63. The Bertz CT molecular complexity index is 1480. The van der Waals surface area contributed by atoms with E-state index < -0.39 is 29.6 Å². The van der Waals surface area contributed by atoms with Gasteiger partial charge in [0.2, 0.25) is 17.7 Å². The van der Waals surface area contributed by atoms with Gasteiger partial charge < -0.3 is 29.7 Å². The van der Waals surface area contributed by atoms with Crippen molar-refractivity contribution in [2.45, 2.75) is 63.3 Å². The fourth-order valence-corrected chi connectivity index (χ4v) is 7.82. The number of halogens is 1. The molecular weight excluding hydrogens is 582 g/mol. The SMILES string of the molecule is COc1ccc(CCN2C(=O)[C@H]3[C@H](C(=O)Nc4cccc(Cl)c4)[C@H]4C=C[C@@]3(O4)[C@@H]2C(=O)N[C@@H]2CCC[C@@H](C)[C@@H]2C)cc1OC. The maximum absolute atomic E-state index is 14.3. The Morgan fingerprint density at radius 2 is 1.86 bits per heavy atom. The summed E-state index contributed by atoms with van der Waals surface area (Å²) in [7, 11) is 3.16. The largest absolute Gasteiger partial charge is 0.493 e. The van der Waals surface area contributed by atoms with Crippen LogP contribution in [0, 0.1) is 23.7 Å². The van der Waals surface area contributed by atoms with Crippen molar-refractivity contribution in [3.05, 3.63) is 65.2 Å². The average Bonchev–Trinajstić information content (AvgIpc) is 3.65. The standard InChI is InChI=1S/C34H40ClN3O6/c1-19-7-5-10-24(20(19)2)37-32(40)30-34-15-13-26(44-34)28(31(39)36-23-9-6-8-22(35)18-23)29(34)33(41)38(30)16-14-21-11-12-25(42-3)27(17-21)43-4/h6,8-9,11-13,15,17-20,24,26,28-30H,5,7,10,14,16H2,1-4H3,(H,36,39)(H,37,40)/t19-,20+,24-,26-,28-,29-,30+,34+/m1/s1. The molecule has 2 aromatic carbocycles. The summed E-state index contributed by atoms with van der Waals surface area (Å²) in [5.74, 6) is -0.450. The Morgan fingerprint density at radius 1 is 1.07 bits per heavy atom. The second-order valence-electron chi connectivity index (χ2n) is 12.6. The minimum absolute atomic E-state index is 0.00834. The lowest BCUT2D eigenvalue weighted by Gasteiger charge is -2.38. The lowest BCUT2D eigenvalue weighted by atomic mass is 9.73. The van der Waals surface area contributed by atoms with E-state index in [1.54, 1.807) is 43.4 Å². The number of likely N-dealkylation sites (tertiary alicyclic amines) is 1. The van der Waals surface area contributed by atoms with Gasteiger partial charge in [0.25, 0.3) is 0 Å². The molecule has 3 fully saturated rings. The van der Waals surface area contributed by atoms with Crippen LogP contribution in [0.1, 0.15) is 38.7 Å². The molecule has 8 atom stereocenters. The molecule has 0 unspecified atom stereocenters. The molecular formula is C34H40ClN3O6. The molecule has 1 spiro atoms. The van der Waals surface area contributed by atoms with E-state index in [0.29, 0.717) is 40.5 Å². The zero-order valence-corrected chi connectivity index (χ0v) is 26.3. The molecule has 3 amide bonds. The lowest BCUT2D eigenvalue weighted by molar-refractivity contribution is -0.141. The topological polar surface area (TPSA) is 106 Å². The van der Waals surface area contributed by atoms with Crippen LogP contribution in [-0.4, -0.2) is 67.2 Å². The third-order valence-electron chi connectivity index (χ3n) is 10.1. The first-order valence-corrected chi connectivity index (χ1v) is 15.8. The fraction of sp³-hybridized carbons (Fsp3) is 0.500. The van der Waals surface area contributed by atoms with Crippen LogP contribution in [0.25, 0.3) is 0 Å². The Labute approximate surface area is 263 Å². The average molecular weight is 622 g/mol. The summed E-state index contributed by atoms with van der Waals surface area (Å²) in [6.45, 7) is 4.67. The first-order valence-electron chi connectivity index (χ1n) is 15.4. The van der Waals surface area contributed by atoms with Gasteiger partial charge in [0.05, 0.1) is 32.2 Å². The number of anilines is 1. The first kappa shape index (κ1) is 30.5. The number of carbonyl (C=O) groups excluding carboxylic acids is 3. The van der Waals surface area contributed by atoms with E-state index in [0.717, 1.165) is 24.8 Å². The number of rotatable bonds is 9. The Hall–Kier alpha value is -3.56. The summed E-state index contributed by atoms with van der Waals surface area (Å²) < 4.78 is 17.4. The zero-order valence-electron chi connectivity index (χ0n) is 25.5. The van der Waals surface area contributed by atoms with Gasteiger partial charge in [-0.2, -0.15) is 0 Å². The molecule has 3 heterocycles. The highest BCUT2D eigenvalue weighted by atomic mass is 35.5. The van der Waals surface area contributed by atoms with Gasteiger partial charge in [0, 0.05) is 23.3 Å². The summed E-state index contributed by atoms with van der Waals surface area (Å²) in [6, 6.07) is 11.6. The summed E-state index contributed by atoms with van der Waals surface area (Å²) in [5, 5.41) is 6.72. The number of benzene rings is 2. The first-order chi connectivity index (χ1) is 21.2. The zero-order chi connectivity index (χ0) is 31.2. The van der Waals surface area contributed by atoms with E-state index >= 15 is 0 Å². The number of nitrogens with zero attached hydrogens (tertiary/aromatic N) is 1. The Kier molecular flexibility index (Phi) is 8.37. The van der Waals surface area contributed by atoms with Gasteiger partial charge in [-0.15, -0.1) is 0 Å². The van der Waals surface area contributed by atoms with Crippen LogP contribution >= 0.6 is 11.6 Å². The van der Waals surface area contributed by atoms with Crippen LogP contribution in [0.3, 0.4) is 0 Å². The molecule has 10 heteroatoms. The minimum atomic E-state index is -1.23. The highest BCUT2D eigenvalue weighted by Gasteiger charge is 2.72. The third-order valence-corrected chi connectivity index (χ3v) is 10.4. The van der Waals surface area contributed by atoms with E-state index in [1.165, 1.54) is 0 Å². The predicted octanol–water partition coefficient (Wildman–Crippen LogP) is 4.63. The van der Waals surface area contributed by atoms with Crippen molar-refractivity contribution in [1.82, 2.24) is 10.2 Å². The van der Waals surface area contributed by atoms with E-state index in [9.17, 15) is 14.4 Å². The molecule has 4 aliphatic rings. The molecule has 234 valence electrons. The second-order valence-corrected chi connectivity index (χ2v) is 13.0. The number of fused-ring (bicyclic) bond motifs is 1. The normalized spacial score (nSPS) is 32.0. The lowest BCUT2D eigenvalue weighted by Crippen LogP contribution is -2.58. The quantitative estimate of drug-likeness (QED) is 0.396. The molecule has 0 aromatic heterocycles. The molecule has 2 bridgehead atoms. The van der Waals surface area contributed by atoms with Crippen LogP contribution in [0.15, 0.2) is 54.6 Å². The van der Waals surface area contributed by atoms with Gasteiger partial charge in [-0.1, -0.05) is 62.6 Å². The van der Waals surface area contributed by atoms with Gasteiger partial charge >= 0.3 is 0 Å². The van der Waals surface area contributed by atoms with E-state index in [2.05, 4.69) is 24.5 Å². The summed E-state index contributed by atoms with van der Waals surface area (Å²) in [5.41, 5.74) is 0.229. The highest BCUT2D eigenvalue weighted by Crippen LogP contribution is 2.55. The molecule has 9 nitrogen and oxygen atoms in total. The molecule has 1 aliphatic carbocycles. The number of carbonyl (C=O) groups is 3. The van der Waals surface area contributed by atoms with Crippen molar-refractivity contribution in [2.75, 3.05) is 26.1 Å². The van der Waals surface area contributed by atoms with Crippen LogP contribution in [0.4, 0.5) is 5.69 Å². The number of nitrogens with one attached hydrogen (secondary N) is 2. The molecule has 1 saturated carbocycles. The van der Waals surface area contributed by atoms with Crippen molar-refractivity contribution in [2.24, 2.45) is 23.7 Å². The third kappa shape index (κ3) is 5.24. The smallest absolute Gasteiger partial charge is 0.246 e. The van der Waals surface area contributed by atoms with Crippen molar-refractivity contribution in [1.29, 1.82) is 0 Å². The summed E-state index contributed by atoms with van der Waals surface area (Å²) in [6.07, 6.45) is 6.61. The molecule has 2 saturated heterocycles. The summed E-state index contributed by atoms with van der Waals surface area (Å²) >= 11 is 6.15. The number of methoxy groups -OCH3 is 2. The van der Waals surface area contributed by atoms with Crippen LogP contribution in [0.2, 0.25) is 5.02 Å². The van der Waals surface area contributed by atoms with Crippen molar-refractivity contribution in [3.63, 3.8) is 0 Å². The van der Waals surface area contributed by atoms with Crippen molar-refractivity contribution >= 4 is 35.0 Å². The maximum atomic E-state index is 14.3. The van der Waals surface area contributed by atoms with Crippen LogP contribution in [0.5, 0.6) is 11.5 Å². The monoisotopic (exact) mass is 621 g/mol. The number of hydrogen-bond donors (Lipinski definition) is 2. The molecule has 2 N–H and O–H groups in total. The predicted molar refractivity (Wildman–Crippen MR) is 167 cm³/mol. The summed E-state index contributed by atoms with van der Waals surface area (Å²) in [4.78, 5) is 44.0. The van der Waals surface area contributed by atoms with Crippen LogP contribution < -0.4 is 20.1 Å². The van der Waals surface area contributed by atoms with Gasteiger partial charge in [-0.3, -0.25) is 14.4 Å². The van der Waals surface area contributed by atoms with Gasteiger partial charge in [0.1, 0.15) is 11.6 Å². The number of ether oxygens (including phenoxy) is 3. The second kappa shape index (κ2) is 12.1. The highest BCUT2D eigenvalue weighted by molar-refractivity contribution is 6.30. The number of amides is 3. The van der Waals surface area contributed by atoms with E-state index in [-0.39, 0.29) is 30.3 Å². The number of hydrogen-bond acceptors (Lipinski definition) is 6. The minimum Gasteiger partial charge on any atom is -0.493 e. The Morgan fingerprint density at radius 3 is 2.61 bits per heavy atom. The molecule has 0 radical (unpaired) electrons. The molecule has 44 heavy (non-hydrogen) atoms. The van der Waals surface area contributed by atoms with Gasteiger partial charge in [-0.25, -0.2) is 0 Å². The maximum Gasteiger partial charge on any atom is 0.246 e. The Balaban J connectivity index is 1.30. The molecule has 2 aromatic rings. The van der Waals surface area contributed by atoms with E-state index in [4.69, 9.17) is 25.8 Å². The van der Waals surface area contributed by atoms with Gasteiger partial charge in [0.15, 0.2) is 11.5 Å². The molecule has 6 rings (SSSR count). The molecule has 3 aliphatic heterocycles. The van der Waals surface area contributed by atoms with E-state index in [1.807, 2.05) is 30.4 Å². The van der Waals surface area contributed by atoms with Crippen molar-refractivity contribution in [3.8, 4) is 11.5 Å². The van der Waals surface area contributed by atoms with Crippen molar-refractivity contribution < 1.29 is 28.6 Å². The van der Waals surface area contributed by atoms with Gasteiger partial charge in [-0.05, 0) is 60.6 Å². The van der Waals surface area contributed by atoms with Crippen LogP contribution in [-0.2, 0) is 25.5 Å².